The maximum atomic E-state index is 11.1. The van der Waals surface area contributed by atoms with Gasteiger partial charge in [0.1, 0.15) is 11.8 Å². The van der Waals surface area contributed by atoms with Gasteiger partial charge in [0.05, 0.1) is 12.8 Å². The molecule has 0 saturated carbocycles. The van der Waals surface area contributed by atoms with Crippen LogP contribution in [0.5, 0.6) is 5.75 Å². The molecule has 1 aromatic carbocycles. The minimum absolute atomic E-state index is 0.573. The molecule has 0 aliphatic carbocycles. The summed E-state index contributed by atoms with van der Waals surface area (Å²) in [5.74, 6) is -0.138. The molecule has 0 aromatic heterocycles. The van der Waals surface area contributed by atoms with Crippen molar-refractivity contribution < 1.29 is 14.6 Å². The van der Waals surface area contributed by atoms with E-state index in [-0.39, 0.29) is 0 Å². The lowest BCUT2D eigenvalue weighted by molar-refractivity contribution is -0.138. The van der Waals surface area contributed by atoms with E-state index in [1.54, 1.807) is 14.0 Å². The van der Waals surface area contributed by atoms with Crippen LogP contribution in [0, 0.1) is 6.92 Å². The number of aliphatic carboxylic acids is 1. The number of carbonyl (C=O) groups is 1. The Balaban J connectivity index is 3.18. The molecule has 94 valence electrons. The number of likely N-dealkylation sites (N-methyl/N-ethyl adjacent to an activating group) is 1. The van der Waals surface area contributed by atoms with E-state index < -0.39 is 12.0 Å². The van der Waals surface area contributed by atoms with Crippen molar-refractivity contribution >= 4 is 11.7 Å². The minimum atomic E-state index is -0.838. The molecule has 1 rings (SSSR count). The molecule has 4 nitrogen and oxygen atoms in total. The maximum Gasteiger partial charge on any atom is 0.326 e. The number of carboxylic acid groups (broad SMARTS) is 1. The molecule has 0 amide bonds. The summed E-state index contributed by atoms with van der Waals surface area (Å²) >= 11 is 0. The topological polar surface area (TPSA) is 49.8 Å². The zero-order chi connectivity index (χ0) is 13.0. The molecule has 4 heteroatoms. The van der Waals surface area contributed by atoms with E-state index >= 15 is 0 Å². The van der Waals surface area contributed by atoms with Crippen LogP contribution in [0.1, 0.15) is 19.4 Å². The zero-order valence-corrected chi connectivity index (χ0v) is 10.7. The van der Waals surface area contributed by atoms with E-state index in [0.717, 1.165) is 11.3 Å². The average Bonchev–Trinajstić information content (AvgIpc) is 2.30. The molecule has 0 aliphatic rings. The smallest absolute Gasteiger partial charge is 0.326 e. The van der Waals surface area contributed by atoms with Gasteiger partial charge in [-0.15, -0.1) is 0 Å². The van der Waals surface area contributed by atoms with Crippen molar-refractivity contribution in [3.8, 4) is 5.75 Å². The molecular formula is C13H19NO3. The van der Waals surface area contributed by atoms with Crippen LogP contribution in [0.4, 0.5) is 5.69 Å². The second-order valence-electron chi connectivity index (χ2n) is 3.98. The number of rotatable bonds is 5. The first kappa shape index (κ1) is 13.4. The number of hydrogen-bond acceptors (Lipinski definition) is 3. The normalized spacial score (nSPS) is 12.0. The van der Waals surface area contributed by atoms with Crippen molar-refractivity contribution in [2.24, 2.45) is 0 Å². The third-order valence-corrected chi connectivity index (χ3v) is 2.81. The highest BCUT2D eigenvalue weighted by atomic mass is 16.5. The zero-order valence-electron chi connectivity index (χ0n) is 10.7. The van der Waals surface area contributed by atoms with Gasteiger partial charge < -0.3 is 14.7 Å². The number of ether oxygens (including phenoxy) is 1. The highest BCUT2D eigenvalue weighted by molar-refractivity contribution is 5.79. The van der Waals surface area contributed by atoms with E-state index in [2.05, 4.69) is 0 Å². The van der Waals surface area contributed by atoms with Crippen molar-refractivity contribution in [3.05, 3.63) is 23.8 Å². The van der Waals surface area contributed by atoms with Crippen molar-refractivity contribution in [3.63, 3.8) is 0 Å². The Kier molecular flexibility index (Phi) is 4.37. The van der Waals surface area contributed by atoms with Gasteiger partial charge in [-0.1, -0.05) is 6.07 Å². The van der Waals surface area contributed by atoms with Crippen LogP contribution in [0.15, 0.2) is 18.2 Å². The largest absolute Gasteiger partial charge is 0.495 e. The summed E-state index contributed by atoms with van der Waals surface area (Å²) in [7, 11) is 1.59. The fourth-order valence-corrected chi connectivity index (χ4v) is 1.81. The third kappa shape index (κ3) is 2.90. The summed E-state index contributed by atoms with van der Waals surface area (Å²) in [4.78, 5) is 12.9. The fourth-order valence-electron chi connectivity index (χ4n) is 1.81. The Morgan fingerprint density at radius 3 is 2.65 bits per heavy atom. The van der Waals surface area contributed by atoms with Crippen LogP contribution in [0.25, 0.3) is 0 Å². The minimum Gasteiger partial charge on any atom is -0.495 e. The molecule has 0 unspecified atom stereocenters. The Morgan fingerprint density at radius 2 is 2.18 bits per heavy atom. The van der Waals surface area contributed by atoms with Gasteiger partial charge in [-0.25, -0.2) is 4.79 Å². The number of methoxy groups -OCH3 is 1. The number of nitrogens with zero attached hydrogens (tertiary/aromatic N) is 1. The lowest BCUT2D eigenvalue weighted by Crippen LogP contribution is -2.39. The van der Waals surface area contributed by atoms with Gasteiger partial charge in [-0.3, -0.25) is 0 Å². The first-order valence-corrected chi connectivity index (χ1v) is 5.65. The maximum absolute atomic E-state index is 11.1. The first-order valence-electron chi connectivity index (χ1n) is 5.65. The van der Waals surface area contributed by atoms with Gasteiger partial charge >= 0.3 is 5.97 Å². The predicted octanol–water partition coefficient (Wildman–Crippen LogP) is 2.30. The van der Waals surface area contributed by atoms with Crippen LogP contribution < -0.4 is 9.64 Å². The molecule has 0 aliphatic heterocycles. The van der Waals surface area contributed by atoms with Gasteiger partial charge in [-0.2, -0.15) is 0 Å². The first-order chi connectivity index (χ1) is 8.01. The quantitative estimate of drug-likeness (QED) is 0.853. The summed E-state index contributed by atoms with van der Waals surface area (Å²) in [5, 5.41) is 9.10. The fraction of sp³-hybridized carbons (Fsp3) is 0.462. The molecular weight excluding hydrogens is 218 g/mol. The van der Waals surface area contributed by atoms with Crippen LogP contribution >= 0.6 is 0 Å². The standard InChI is InChI=1S/C13H19NO3/c1-5-14(10(3)13(15)16)11-8-9(2)6-7-12(11)17-4/h6-8,10H,5H2,1-4H3,(H,15,16)/t10-/m0/s1. The van der Waals surface area contributed by atoms with Crippen molar-refractivity contribution in [1.82, 2.24) is 0 Å². The lowest BCUT2D eigenvalue weighted by atomic mass is 10.1. The van der Waals surface area contributed by atoms with E-state index in [0.29, 0.717) is 12.3 Å². The summed E-state index contributed by atoms with van der Waals surface area (Å²) in [6.45, 7) is 6.20. The Labute approximate surface area is 102 Å². The van der Waals surface area contributed by atoms with Crippen LogP contribution in [-0.4, -0.2) is 30.8 Å². The highest BCUT2D eigenvalue weighted by Gasteiger charge is 2.22. The molecule has 0 fully saturated rings. The number of carboxylic acids is 1. The van der Waals surface area contributed by atoms with Gasteiger partial charge in [0.2, 0.25) is 0 Å². The number of aryl methyl sites for hydroxylation is 1. The van der Waals surface area contributed by atoms with E-state index in [1.165, 1.54) is 0 Å². The summed E-state index contributed by atoms with van der Waals surface area (Å²) in [6, 6.07) is 5.18. The van der Waals surface area contributed by atoms with E-state index in [9.17, 15) is 4.79 Å². The Hall–Kier alpha value is -1.71. The van der Waals surface area contributed by atoms with E-state index in [1.807, 2.05) is 36.9 Å². The lowest BCUT2D eigenvalue weighted by Gasteiger charge is -2.28. The molecule has 17 heavy (non-hydrogen) atoms. The molecule has 0 saturated heterocycles. The van der Waals surface area contributed by atoms with Gasteiger partial charge in [-0.05, 0) is 38.5 Å². The molecule has 1 aromatic rings. The molecule has 1 atom stereocenters. The number of anilines is 1. The van der Waals surface area contributed by atoms with Crippen molar-refractivity contribution in [2.45, 2.75) is 26.8 Å². The van der Waals surface area contributed by atoms with Gasteiger partial charge in [0.15, 0.2) is 0 Å². The third-order valence-electron chi connectivity index (χ3n) is 2.81. The SMILES string of the molecule is CCN(c1cc(C)ccc1OC)[C@@H](C)C(=O)O. The second-order valence-corrected chi connectivity index (χ2v) is 3.98. The Morgan fingerprint density at radius 1 is 1.53 bits per heavy atom. The highest BCUT2D eigenvalue weighted by Crippen LogP contribution is 2.30. The van der Waals surface area contributed by atoms with Gasteiger partial charge in [0.25, 0.3) is 0 Å². The predicted molar refractivity (Wildman–Crippen MR) is 67.8 cm³/mol. The van der Waals surface area contributed by atoms with E-state index in [4.69, 9.17) is 9.84 Å². The monoisotopic (exact) mass is 237 g/mol. The molecule has 0 spiro atoms. The second kappa shape index (κ2) is 5.57. The average molecular weight is 237 g/mol. The molecule has 0 heterocycles. The molecule has 0 bridgehead atoms. The summed E-state index contributed by atoms with van der Waals surface area (Å²) in [5.41, 5.74) is 1.90. The molecule has 0 radical (unpaired) electrons. The van der Waals surface area contributed by atoms with Gasteiger partial charge in [0, 0.05) is 6.54 Å². The molecule has 1 N–H and O–H groups in total. The summed E-state index contributed by atoms with van der Waals surface area (Å²) < 4.78 is 5.28. The van der Waals surface area contributed by atoms with Crippen LogP contribution in [-0.2, 0) is 4.79 Å². The number of benzene rings is 1. The van der Waals surface area contributed by atoms with Crippen molar-refractivity contribution in [2.75, 3.05) is 18.6 Å². The van der Waals surface area contributed by atoms with Crippen LogP contribution in [0.3, 0.4) is 0 Å². The van der Waals surface area contributed by atoms with Crippen molar-refractivity contribution in [1.29, 1.82) is 0 Å². The summed E-state index contributed by atoms with van der Waals surface area (Å²) in [6.07, 6.45) is 0. The van der Waals surface area contributed by atoms with Crippen LogP contribution in [0.2, 0.25) is 0 Å². The number of hydrogen-bond donors (Lipinski definition) is 1. The Bertz CT molecular complexity index is 404.